The molecule has 0 aliphatic rings. The normalized spacial score (nSPS) is 13.0. The summed E-state index contributed by atoms with van der Waals surface area (Å²) >= 11 is 0. The maximum absolute atomic E-state index is 12.6. The fourth-order valence-corrected chi connectivity index (χ4v) is 5.99. The number of hydrogen-bond acceptors (Lipinski definition) is 5. The van der Waals surface area contributed by atoms with Crippen LogP contribution in [-0.2, 0) is 23.8 Å². The fraction of sp³-hybridized carbons (Fsp3) is 0.686. The molecule has 0 N–H and O–H groups in total. The van der Waals surface area contributed by atoms with E-state index in [1.54, 1.807) is 0 Å². The van der Waals surface area contributed by atoms with Crippen molar-refractivity contribution in [2.75, 3.05) is 19.8 Å². The molecule has 56 heavy (non-hydrogen) atoms. The summed E-state index contributed by atoms with van der Waals surface area (Å²) in [6.45, 7) is 7.56. The van der Waals surface area contributed by atoms with Crippen molar-refractivity contribution in [1.82, 2.24) is 0 Å². The minimum Gasteiger partial charge on any atom is -0.462 e. The van der Waals surface area contributed by atoms with Crippen molar-refractivity contribution >= 4 is 11.9 Å². The summed E-state index contributed by atoms with van der Waals surface area (Å²) in [5, 5.41) is 0. The molecule has 1 unspecified atom stereocenters. The van der Waals surface area contributed by atoms with E-state index >= 15 is 0 Å². The second kappa shape index (κ2) is 46.5. The highest BCUT2D eigenvalue weighted by Crippen LogP contribution is 2.12. The van der Waals surface area contributed by atoms with Crippen molar-refractivity contribution in [3.63, 3.8) is 0 Å². The average molecular weight is 779 g/mol. The molecule has 0 aromatic rings. The number of hydrogen-bond donors (Lipinski definition) is 0. The Labute approximate surface area is 346 Å². The molecule has 0 saturated heterocycles. The van der Waals surface area contributed by atoms with Crippen LogP contribution in [0.15, 0.2) is 85.1 Å². The molecule has 0 aromatic carbocycles. The zero-order chi connectivity index (χ0) is 40.7. The Morgan fingerprint density at radius 3 is 1.38 bits per heavy atom. The average Bonchev–Trinajstić information content (AvgIpc) is 3.20. The zero-order valence-electron chi connectivity index (χ0n) is 36.6. The van der Waals surface area contributed by atoms with E-state index in [0.29, 0.717) is 19.4 Å². The second-order valence-corrected chi connectivity index (χ2v) is 14.9. The van der Waals surface area contributed by atoms with E-state index in [1.165, 1.54) is 83.5 Å². The molecular formula is C51H86O5. The van der Waals surface area contributed by atoms with Gasteiger partial charge in [-0.2, -0.15) is 0 Å². The Kier molecular flexibility index (Phi) is 44.0. The first-order chi connectivity index (χ1) is 27.6. The van der Waals surface area contributed by atoms with E-state index in [9.17, 15) is 9.59 Å². The number of allylic oxidation sites excluding steroid dienone is 14. The quantitative estimate of drug-likeness (QED) is 0.0351. The predicted molar refractivity (Wildman–Crippen MR) is 242 cm³/mol. The lowest BCUT2D eigenvalue weighted by molar-refractivity contribution is -0.163. The van der Waals surface area contributed by atoms with Crippen LogP contribution in [0.5, 0.6) is 0 Å². The Balaban J connectivity index is 4.28. The summed E-state index contributed by atoms with van der Waals surface area (Å²) in [6.07, 6.45) is 60.3. The molecule has 0 fully saturated rings. The minimum atomic E-state index is -0.563. The molecule has 0 saturated carbocycles. The summed E-state index contributed by atoms with van der Waals surface area (Å²) in [4.78, 5) is 25.1. The molecule has 0 aromatic heterocycles. The van der Waals surface area contributed by atoms with Gasteiger partial charge in [-0.1, -0.05) is 183 Å². The Bertz CT molecular complexity index is 1060. The summed E-state index contributed by atoms with van der Waals surface area (Å²) in [5.41, 5.74) is 0. The highest BCUT2D eigenvalue weighted by Gasteiger charge is 2.17. The number of esters is 2. The van der Waals surface area contributed by atoms with Crippen LogP contribution < -0.4 is 0 Å². The maximum atomic E-state index is 12.6. The van der Waals surface area contributed by atoms with Gasteiger partial charge in [-0.05, 0) is 89.9 Å². The van der Waals surface area contributed by atoms with E-state index in [2.05, 4.69) is 106 Å². The maximum Gasteiger partial charge on any atom is 0.306 e. The van der Waals surface area contributed by atoms with E-state index in [-0.39, 0.29) is 25.2 Å². The van der Waals surface area contributed by atoms with Crippen molar-refractivity contribution in [2.24, 2.45) is 0 Å². The molecule has 0 amide bonds. The van der Waals surface area contributed by atoms with Gasteiger partial charge in [0.25, 0.3) is 0 Å². The van der Waals surface area contributed by atoms with E-state index in [1.807, 2.05) is 0 Å². The van der Waals surface area contributed by atoms with Gasteiger partial charge in [0.05, 0.1) is 6.61 Å². The highest BCUT2D eigenvalue weighted by atomic mass is 16.6. The molecule has 0 aliphatic carbocycles. The lowest BCUT2D eigenvalue weighted by Crippen LogP contribution is -2.30. The van der Waals surface area contributed by atoms with Crippen molar-refractivity contribution < 1.29 is 23.8 Å². The Hall–Kier alpha value is -2.92. The molecule has 0 spiro atoms. The van der Waals surface area contributed by atoms with Gasteiger partial charge in [-0.3, -0.25) is 9.59 Å². The topological polar surface area (TPSA) is 61.8 Å². The smallest absolute Gasteiger partial charge is 0.306 e. The summed E-state index contributed by atoms with van der Waals surface area (Å²) in [5.74, 6) is -0.481. The molecule has 0 rings (SSSR count). The summed E-state index contributed by atoms with van der Waals surface area (Å²) in [6, 6.07) is 0. The van der Waals surface area contributed by atoms with E-state index in [0.717, 1.165) is 83.5 Å². The molecule has 5 nitrogen and oxygen atoms in total. The third-order valence-corrected chi connectivity index (χ3v) is 9.42. The Morgan fingerprint density at radius 2 is 0.821 bits per heavy atom. The Morgan fingerprint density at radius 1 is 0.411 bits per heavy atom. The zero-order valence-corrected chi connectivity index (χ0v) is 36.6. The van der Waals surface area contributed by atoms with Gasteiger partial charge in [0, 0.05) is 19.4 Å². The SMILES string of the molecule is CC/C=C\C/C=C\C/C=C\C/C=C\C/C=C\CCCC(=O)OCC(COCCCCCCCC/C=C\C/C=C\CCCCC)OC(=O)CCCCCCCCC. The van der Waals surface area contributed by atoms with Crippen LogP contribution in [0, 0.1) is 0 Å². The van der Waals surface area contributed by atoms with Crippen LogP contribution in [0.1, 0.15) is 201 Å². The van der Waals surface area contributed by atoms with Gasteiger partial charge in [0.15, 0.2) is 6.10 Å². The standard InChI is InChI=1S/C51H86O5/c1-4-7-10-13-16-18-20-22-24-26-27-29-31-33-36-38-41-44-50(52)55-48-49(56-51(53)45-42-39-35-15-12-9-6-3)47-54-46-43-40-37-34-32-30-28-25-23-21-19-17-14-11-8-5-2/h7,10,16-19,22-25,27,29,33,36,49H,4-6,8-9,11-15,20-21,26,28,30-32,34-35,37-48H2,1-3H3/b10-7-,18-16-,19-17-,24-22-,25-23-,29-27-,36-33-. The molecule has 1 atom stereocenters. The van der Waals surface area contributed by atoms with Crippen molar-refractivity contribution in [3.05, 3.63) is 85.1 Å². The molecule has 0 heterocycles. The molecule has 0 bridgehead atoms. The summed E-state index contributed by atoms with van der Waals surface area (Å²) in [7, 11) is 0. The van der Waals surface area contributed by atoms with Gasteiger partial charge < -0.3 is 14.2 Å². The number of ether oxygens (including phenoxy) is 3. The van der Waals surface area contributed by atoms with Crippen LogP contribution in [0.25, 0.3) is 0 Å². The summed E-state index contributed by atoms with van der Waals surface area (Å²) < 4.78 is 17.2. The largest absolute Gasteiger partial charge is 0.462 e. The second-order valence-electron chi connectivity index (χ2n) is 14.9. The van der Waals surface area contributed by atoms with Crippen molar-refractivity contribution in [1.29, 1.82) is 0 Å². The minimum absolute atomic E-state index is 0.0486. The lowest BCUT2D eigenvalue weighted by atomic mass is 10.1. The molecule has 0 aliphatic heterocycles. The van der Waals surface area contributed by atoms with E-state index in [4.69, 9.17) is 14.2 Å². The first-order valence-corrected chi connectivity index (χ1v) is 23.1. The first kappa shape index (κ1) is 53.1. The van der Waals surface area contributed by atoms with Gasteiger partial charge in [0.2, 0.25) is 0 Å². The van der Waals surface area contributed by atoms with Gasteiger partial charge in [-0.25, -0.2) is 0 Å². The van der Waals surface area contributed by atoms with Crippen LogP contribution in [0.3, 0.4) is 0 Å². The number of carbonyl (C=O) groups excluding carboxylic acids is 2. The molecule has 320 valence electrons. The third kappa shape index (κ3) is 43.8. The van der Waals surface area contributed by atoms with Crippen molar-refractivity contribution in [3.8, 4) is 0 Å². The molecule has 5 heteroatoms. The molecular weight excluding hydrogens is 693 g/mol. The van der Waals surface area contributed by atoms with E-state index < -0.39 is 6.10 Å². The van der Waals surface area contributed by atoms with Crippen LogP contribution in [0.4, 0.5) is 0 Å². The fourth-order valence-electron chi connectivity index (χ4n) is 5.99. The number of carbonyl (C=O) groups is 2. The number of rotatable bonds is 41. The highest BCUT2D eigenvalue weighted by molar-refractivity contribution is 5.70. The van der Waals surface area contributed by atoms with Gasteiger partial charge in [-0.15, -0.1) is 0 Å². The van der Waals surface area contributed by atoms with Crippen molar-refractivity contribution in [2.45, 2.75) is 207 Å². The lowest BCUT2D eigenvalue weighted by Gasteiger charge is -2.18. The van der Waals surface area contributed by atoms with Crippen LogP contribution in [-0.4, -0.2) is 37.9 Å². The predicted octanol–water partition coefficient (Wildman–Crippen LogP) is 15.3. The first-order valence-electron chi connectivity index (χ1n) is 23.1. The van der Waals surface area contributed by atoms with Gasteiger partial charge in [0.1, 0.15) is 6.61 Å². The number of unbranched alkanes of at least 4 members (excludes halogenated alkanes) is 16. The van der Waals surface area contributed by atoms with Crippen LogP contribution in [0.2, 0.25) is 0 Å². The van der Waals surface area contributed by atoms with Gasteiger partial charge >= 0.3 is 11.9 Å². The monoisotopic (exact) mass is 779 g/mol. The van der Waals surface area contributed by atoms with Crippen LogP contribution >= 0.6 is 0 Å². The third-order valence-electron chi connectivity index (χ3n) is 9.42. The molecule has 0 radical (unpaired) electrons.